The minimum atomic E-state index is -0.608. The first-order valence-corrected chi connectivity index (χ1v) is 4.95. The molecule has 1 saturated carbocycles. The second kappa shape index (κ2) is 3.62. The van der Waals surface area contributed by atoms with Crippen molar-refractivity contribution in [2.24, 2.45) is 11.7 Å². The number of Topliss-reactive ketones (excluding diaryl/α,β-unsaturated/α-hetero) is 1. The lowest BCUT2D eigenvalue weighted by Crippen LogP contribution is -2.51. The lowest BCUT2D eigenvalue weighted by Gasteiger charge is -2.35. The summed E-state index contributed by atoms with van der Waals surface area (Å²) >= 11 is 0. The van der Waals surface area contributed by atoms with Gasteiger partial charge in [0, 0.05) is 0 Å². The molecule has 2 heteroatoms. The maximum atomic E-state index is 11.7. The van der Waals surface area contributed by atoms with Crippen LogP contribution in [0.15, 0.2) is 12.2 Å². The summed E-state index contributed by atoms with van der Waals surface area (Å²) in [6.07, 6.45) is 3.90. The number of hydrogen-bond donors (Lipinski definition) is 1. The summed E-state index contributed by atoms with van der Waals surface area (Å²) in [5.41, 5.74) is 6.07. The molecule has 0 spiro atoms. The van der Waals surface area contributed by atoms with Gasteiger partial charge in [-0.25, -0.2) is 0 Å². The Balaban J connectivity index is 2.74. The van der Waals surface area contributed by atoms with Gasteiger partial charge in [0.25, 0.3) is 0 Å². The van der Waals surface area contributed by atoms with E-state index in [1.165, 1.54) is 6.42 Å². The first-order chi connectivity index (χ1) is 5.96. The number of ketones is 1. The Morgan fingerprint density at radius 2 is 2.23 bits per heavy atom. The van der Waals surface area contributed by atoms with Crippen LogP contribution in [0.3, 0.4) is 0 Å². The molecule has 2 N–H and O–H groups in total. The van der Waals surface area contributed by atoms with E-state index in [2.05, 4.69) is 13.5 Å². The lowest BCUT2D eigenvalue weighted by molar-refractivity contribution is -0.122. The number of nitrogens with two attached hydrogens (primary N) is 1. The van der Waals surface area contributed by atoms with Crippen molar-refractivity contribution < 1.29 is 4.79 Å². The molecule has 1 rings (SSSR count). The van der Waals surface area contributed by atoms with Gasteiger partial charge in [0.05, 0.1) is 5.54 Å². The van der Waals surface area contributed by atoms with Crippen molar-refractivity contribution in [2.45, 2.75) is 45.1 Å². The molecule has 2 nitrogen and oxygen atoms in total. The third kappa shape index (κ3) is 2.19. The Kier molecular flexibility index (Phi) is 2.91. The molecule has 0 aromatic carbocycles. The van der Waals surface area contributed by atoms with Crippen LogP contribution < -0.4 is 5.73 Å². The van der Waals surface area contributed by atoms with Crippen molar-refractivity contribution in [3.8, 4) is 0 Å². The van der Waals surface area contributed by atoms with Crippen LogP contribution in [-0.4, -0.2) is 11.3 Å². The normalized spacial score (nSPS) is 34.2. The average Bonchev–Trinajstić information content (AvgIpc) is 2.02. The topological polar surface area (TPSA) is 43.1 Å². The first kappa shape index (κ1) is 10.5. The molecule has 0 amide bonds. The van der Waals surface area contributed by atoms with Crippen molar-refractivity contribution in [3.63, 3.8) is 0 Å². The molecule has 0 saturated heterocycles. The van der Waals surface area contributed by atoms with Crippen LogP contribution in [0.5, 0.6) is 0 Å². The van der Waals surface area contributed by atoms with Gasteiger partial charge >= 0.3 is 0 Å². The summed E-state index contributed by atoms with van der Waals surface area (Å²) < 4.78 is 0. The minimum Gasteiger partial charge on any atom is -0.319 e. The summed E-state index contributed by atoms with van der Waals surface area (Å²) in [4.78, 5) is 11.7. The van der Waals surface area contributed by atoms with Gasteiger partial charge in [-0.3, -0.25) is 4.79 Å². The van der Waals surface area contributed by atoms with Gasteiger partial charge in [-0.15, -0.1) is 0 Å². The number of rotatable bonds is 2. The SMILES string of the molecule is C=C(C)C(=O)C1(N)CCCC(C)C1. The maximum Gasteiger partial charge on any atom is 0.177 e. The van der Waals surface area contributed by atoms with E-state index in [1.807, 2.05) is 0 Å². The van der Waals surface area contributed by atoms with Crippen molar-refractivity contribution in [1.82, 2.24) is 0 Å². The first-order valence-electron chi connectivity index (χ1n) is 4.95. The van der Waals surface area contributed by atoms with Gasteiger partial charge in [-0.1, -0.05) is 26.3 Å². The zero-order valence-electron chi connectivity index (χ0n) is 8.60. The van der Waals surface area contributed by atoms with Crippen molar-refractivity contribution in [3.05, 3.63) is 12.2 Å². The zero-order chi connectivity index (χ0) is 10.1. The molecular formula is C11H19NO. The van der Waals surface area contributed by atoms with Crippen LogP contribution in [0.25, 0.3) is 0 Å². The Labute approximate surface area is 80.2 Å². The second-order valence-corrected chi connectivity index (χ2v) is 4.47. The van der Waals surface area contributed by atoms with Gasteiger partial charge in [0.15, 0.2) is 5.78 Å². The van der Waals surface area contributed by atoms with Gasteiger partial charge in [-0.2, -0.15) is 0 Å². The lowest BCUT2D eigenvalue weighted by atomic mass is 9.73. The van der Waals surface area contributed by atoms with E-state index in [1.54, 1.807) is 6.92 Å². The highest BCUT2D eigenvalue weighted by Crippen LogP contribution is 2.32. The standard InChI is InChI=1S/C11H19NO/c1-8(2)10(13)11(12)6-4-5-9(3)7-11/h9H,1,4-7,12H2,2-3H3. The quantitative estimate of drug-likeness (QED) is 0.662. The van der Waals surface area contributed by atoms with Crippen LogP contribution in [0.2, 0.25) is 0 Å². The highest BCUT2D eigenvalue weighted by molar-refractivity contribution is 6.01. The Bertz CT molecular complexity index is 234. The zero-order valence-corrected chi connectivity index (χ0v) is 8.60. The monoisotopic (exact) mass is 181 g/mol. The fourth-order valence-electron chi connectivity index (χ4n) is 2.22. The molecule has 0 aliphatic heterocycles. The Hall–Kier alpha value is -0.630. The van der Waals surface area contributed by atoms with Crippen molar-refractivity contribution >= 4 is 5.78 Å². The van der Waals surface area contributed by atoms with E-state index in [0.717, 1.165) is 19.3 Å². The largest absolute Gasteiger partial charge is 0.319 e. The van der Waals surface area contributed by atoms with Gasteiger partial charge in [0.2, 0.25) is 0 Å². The number of hydrogen-bond acceptors (Lipinski definition) is 2. The van der Waals surface area contributed by atoms with Crippen LogP contribution in [0.4, 0.5) is 0 Å². The predicted molar refractivity (Wildman–Crippen MR) is 54.4 cm³/mol. The molecule has 0 aromatic rings. The molecule has 0 radical (unpaired) electrons. The summed E-state index contributed by atoms with van der Waals surface area (Å²) in [6.45, 7) is 7.58. The molecule has 2 atom stereocenters. The number of carbonyl (C=O) groups excluding carboxylic acids is 1. The minimum absolute atomic E-state index is 0.0547. The smallest absolute Gasteiger partial charge is 0.177 e. The molecule has 0 heterocycles. The van der Waals surface area contributed by atoms with Crippen molar-refractivity contribution in [2.75, 3.05) is 0 Å². The summed E-state index contributed by atoms with van der Waals surface area (Å²) in [5, 5.41) is 0. The Morgan fingerprint density at radius 3 is 2.69 bits per heavy atom. The average molecular weight is 181 g/mol. The maximum absolute atomic E-state index is 11.7. The molecule has 1 fully saturated rings. The van der Waals surface area contributed by atoms with E-state index in [-0.39, 0.29) is 5.78 Å². The third-order valence-corrected chi connectivity index (χ3v) is 2.87. The fraction of sp³-hybridized carbons (Fsp3) is 0.727. The summed E-state index contributed by atoms with van der Waals surface area (Å²) in [5.74, 6) is 0.626. The predicted octanol–water partition coefficient (Wildman–Crippen LogP) is 2.04. The molecule has 2 unspecified atom stereocenters. The van der Waals surface area contributed by atoms with Crippen LogP contribution in [-0.2, 0) is 4.79 Å². The third-order valence-electron chi connectivity index (χ3n) is 2.87. The van der Waals surface area contributed by atoms with E-state index >= 15 is 0 Å². The molecule has 1 aliphatic carbocycles. The number of carbonyl (C=O) groups is 1. The van der Waals surface area contributed by atoms with Crippen LogP contribution >= 0.6 is 0 Å². The van der Waals surface area contributed by atoms with E-state index in [4.69, 9.17) is 5.73 Å². The van der Waals surface area contributed by atoms with E-state index in [9.17, 15) is 4.79 Å². The molecule has 74 valence electrons. The van der Waals surface area contributed by atoms with Crippen LogP contribution in [0.1, 0.15) is 39.5 Å². The van der Waals surface area contributed by atoms with E-state index in [0.29, 0.717) is 11.5 Å². The van der Waals surface area contributed by atoms with Gasteiger partial charge < -0.3 is 5.73 Å². The van der Waals surface area contributed by atoms with Gasteiger partial charge in [-0.05, 0) is 31.3 Å². The van der Waals surface area contributed by atoms with Gasteiger partial charge in [0.1, 0.15) is 0 Å². The Morgan fingerprint density at radius 1 is 1.62 bits per heavy atom. The van der Waals surface area contributed by atoms with Crippen LogP contribution in [0, 0.1) is 5.92 Å². The molecule has 0 aromatic heterocycles. The molecule has 0 bridgehead atoms. The van der Waals surface area contributed by atoms with E-state index < -0.39 is 5.54 Å². The van der Waals surface area contributed by atoms with Crippen molar-refractivity contribution in [1.29, 1.82) is 0 Å². The highest BCUT2D eigenvalue weighted by Gasteiger charge is 2.37. The summed E-state index contributed by atoms with van der Waals surface area (Å²) in [6, 6.07) is 0. The highest BCUT2D eigenvalue weighted by atomic mass is 16.1. The molecular weight excluding hydrogens is 162 g/mol. The molecule has 13 heavy (non-hydrogen) atoms. The summed E-state index contributed by atoms with van der Waals surface area (Å²) in [7, 11) is 0. The molecule has 1 aliphatic rings. The second-order valence-electron chi connectivity index (χ2n) is 4.47. The fourth-order valence-corrected chi connectivity index (χ4v) is 2.22.